The van der Waals surface area contributed by atoms with E-state index in [0.29, 0.717) is 5.56 Å². The number of rotatable bonds is 5. The molecular formula is C33H26N3OPt-. The Bertz CT molecular complexity index is 1710. The van der Waals surface area contributed by atoms with E-state index >= 15 is 0 Å². The zero-order valence-corrected chi connectivity index (χ0v) is 23.3. The molecule has 0 saturated heterocycles. The Balaban J connectivity index is 0.00000294. The number of phenols is 1. The fourth-order valence-electron chi connectivity index (χ4n) is 4.87. The number of fused-ring (bicyclic) bond motifs is 1. The van der Waals surface area contributed by atoms with E-state index in [1.165, 1.54) is 11.1 Å². The van der Waals surface area contributed by atoms with E-state index in [4.69, 9.17) is 9.97 Å². The summed E-state index contributed by atoms with van der Waals surface area (Å²) in [5.41, 5.74) is 8.79. The van der Waals surface area contributed by atoms with Crippen molar-refractivity contribution in [3.63, 3.8) is 0 Å². The zero-order valence-electron chi connectivity index (χ0n) is 21.1. The number of hydrogen-bond acceptors (Lipinski definition) is 3. The van der Waals surface area contributed by atoms with Gasteiger partial charge in [0.2, 0.25) is 0 Å². The van der Waals surface area contributed by atoms with Gasteiger partial charge in [0.05, 0.1) is 16.6 Å². The molecule has 2 aromatic heterocycles. The van der Waals surface area contributed by atoms with Crippen molar-refractivity contribution in [3.05, 3.63) is 127 Å². The van der Waals surface area contributed by atoms with Crippen molar-refractivity contribution in [1.29, 1.82) is 0 Å². The second-order valence-electron chi connectivity index (χ2n) is 9.27. The van der Waals surface area contributed by atoms with Gasteiger partial charge >= 0.3 is 0 Å². The van der Waals surface area contributed by atoms with Crippen molar-refractivity contribution in [2.24, 2.45) is 7.05 Å². The van der Waals surface area contributed by atoms with Crippen molar-refractivity contribution in [2.75, 3.05) is 0 Å². The molecule has 5 heteroatoms. The van der Waals surface area contributed by atoms with Crippen LogP contribution in [0.5, 0.6) is 5.75 Å². The van der Waals surface area contributed by atoms with E-state index in [0.717, 1.165) is 39.2 Å². The van der Waals surface area contributed by atoms with Gasteiger partial charge in [0.15, 0.2) is 0 Å². The van der Waals surface area contributed by atoms with Crippen molar-refractivity contribution in [1.82, 2.24) is 14.5 Å². The van der Waals surface area contributed by atoms with E-state index in [1.807, 2.05) is 66.3 Å². The fraction of sp³-hybridized carbons (Fsp3) is 0.0909. The summed E-state index contributed by atoms with van der Waals surface area (Å²) in [4.78, 5) is 9.73. The van der Waals surface area contributed by atoms with E-state index in [-0.39, 0.29) is 32.7 Å². The first-order valence-corrected chi connectivity index (χ1v) is 12.4. The van der Waals surface area contributed by atoms with Gasteiger partial charge in [0.25, 0.3) is 0 Å². The maximum absolute atomic E-state index is 10.4. The molecule has 1 unspecified atom stereocenters. The number of nitrogens with zero attached hydrogens (tertiary/aromatic N) is 3. The molecule has 0 aliphatic heterocycles. The number of aromatic hydroxyl groups is 1. The Kier molecular flexibility index (Phi) is 7.26. The Morgan fingerprint density at radius 1 is 0.737 bits per heavy atom. The van der Waals surface area contributed by atoms with Crippen molar-refractivity contribution in [3.8, 4) is 39.5 Å². The average molecular weight is 676 g/mol. The van der Waals surface area contributed by atoms with Gasteiger partial charge in [-0.1, -0.05) is 84.8 Å². The summed E-state index contributed by atoms with van der Waals surface area (Å²) in [6.07, 6.45) is 1.96. The Morgan fingerprint density at radius 2 is 1.45 bits per heavy atom. The molecule has 0 spiro atoms. The van der Waals surface area contributed by atoms with E-state index in [1.54, 1.807) is 6.07 Å². The van der Waals surface area contributed by atoms with Gasteiger partial charge in [-0.25, -0.2) is 4.98 Å². The van der Waals surface area contributed by atoms with E-state index in [9.17, 15) is 5.11 Å². The monoisotopic (exact) mass is 675 g/mol. The number of benzene rings is 4. The van der Waals surface area contributed by atoms with Crippen LogP contribution in [0.3, 0.4) is 0 Å². The molecule has 4 nitrogen and oxygen atoms in total. The molecule has 0 amide bonds. The summed E-state index contributed by atoms with van der Waals surface area (Å²) >= 11 is 0. The van der Waals surface area contributed by atoms with E-state index in [2.05, 4.69) is 61.5 Å². The normalized spacial score (nSPS) is 11.7. The molecule has 6 rings (SSSR count). The van der Waals surface area contributed by atoms with Crippen molar-refractivity contribution in [2.45, 2.75) is 12.8 Å². The first-order valence-electron chi connectivity index (χ1n) is 12.4. The molecule has 1 N–H and O–H groups in total. The van der Waals surface area contributed by atoms with Gasteiger partial charge in [-0.15, -0.1) is 29.8 Å². The molecule has 190 valence electrons. The molecule has 2 heterocycles. The molecular weight excluding hydrogens is 649 g/mol. The topological polar surface area (TPSA) is 50.9 Å². The SMILES string of the molecule is CC(c1ccccc1)c1ccc(-c2[c-]c(-c3cccc4c3nc(-c3ccccc3O)n4C)ccc2)nc1.[Pt]. The zero-order chi connectivity index (χ0) is 25.4. The van der Waals surface area contributed by atoms with Crippen LogP contribution in [0.4, 0.5) is 0 Å². The third-order valence-corrected chi connectivity index (χ3v) is 7.00. The molecule has 6 aromatic rings. The maximum atomic E-state index is 10.4. The molecule has 0 aliphatic carbocycles. The quantitative estimate of drug-likeness (QED) is 0.191. The number of para-hydroxylation sites is 2. The number of pyridine rings is 1. The smallest absolute Gasteiger partial charge is 0.143 e. The summed E-state index contributed by atoms with van der Waals surface area (Å²) in [5, 5.41) is 10.4. The Labute approximate surface area is 236 Å². The van der Waals surface area contributed by atoms with Crippen LogP contribution in [0.1, 0.15) is 24.0 Å². The van der Waals surface area contributed by atoms with Gasteiger partial charge in [0.1, 0.15) is 11.6 Å². The third-order valence-electron chi connectivity index (χ3n) is 7.00. The van der Waals surface area contributed by atoms with Crippen LogP contribution in [0, 0.1) is 6.07 Å². The second-order valence-corrected chi connectivity index (χ2v) is 9.27. The van der Waals surface area contributed by atoms with Gasteiger partial charge in [0, 0.05) is 45.9 Å². The summed E-state index contributed by atoms with van der Waals surface area (Å²) in [7, 11) is 1.98. The first kappa shape index (κ1) is 25.6. The minimum atomic E-state index is 0. The maximum Gasteiger partial charge on any atom is 0.143 e. The van der Waals surface area contributed by atoms with Crippen LogP contribution >= 0.6 is 0 Å². The van der Waals surface area contributed by atoms with Gasteiger partial charge in [-0.3, -0.25) is 4.98 Å². The second kappa shape index (κ2) is 10.8. The molecule has 0 fully saturated rings. The summed E-state index contributed by atoms with van der Waals surface area (Å²) in [6.45, 7) is 2.20. The van der Waals surface area contributed by atoms with Gasteiger partial charge in [-0.05, 0) is 29.3 Å². The predicted molar refractivity (Wildman–Crippen MR) is 149 cm³/mol. The third kappa shape index (κ3) is 4.68. The molecule has 0 aliphatic rings. The van der Waals surface area contributed by atoms with Crippen LogP contribution in [0.2, 0.25) is 0 Å². The van der Waals surface area contributed by atoms with Gasteiger partial charge in [-0.2, -0.15) is 0 Å². The average Bonchev–Trinajstić information content (AvgIpc) is 3.29. The predicted octanol–water partition coefficient (Wildman–Crippen LogP) is 7.62. The van der Waals surface area contributed by atoms with Crippen LogP contribution in [-0.4, -0.2) is 19.6 Å². The number of aromatic nitrogens is 3. The van der Waals surface area contributed by atoms with Crippen LogP contribution in [0.15, 0.2) is 109 Å². The molecule has 0 bridgehead atoms. The van der Waals surface area contributed by atoms with Gasteiger partial charge < -0.3 is 9.67 Å². The summed E-state index contributed by atoms with van der Waals surface area (Å²) in [6, 6.07) is 37.9. The molecule has 0 saturated carbocycles. The number of hydrogen-bond donors (Lipinski definition) is 1. The standard InChI is InChI=1S/C33H26N3O.Pt/c1-22(23-10-4-3-5-11-23)26-18-19-29(34-21-26)25-13-8-12-24(20-25)27-15-9-16-30-32(27)35-33(36(30)2)28-14-6-7-17-31(28)37;/h3-19,21-22,37H,1-2H3;/q-1;. The number of imidazole rings is 1. The van der Waals surface area contributed by atoms with Crippen LogP contribution in [0.25, 0.3) is 44.8 Å². The molecule has 38 heavy (non-hydrogen) atoms. The number of aryl methyl sites for hydroxylation is 1. The summed E-state index contributed by atoms with van der Waals surface area (Å²) in [5.74, 6) is 1.21. The number of phenolic OH excluding ortho intramolecular Hbond substituents is 1. The molecule has 1 atom stereocenters. The van der Waals surface area contributed by atoms with Crippen molar-refractivity contribution < 1.29 is 26.2 Å². The van der Waals surface area contributed by atoms with Crippen LogP contribution < -0.4 is 0 Å². The van der Waals surface area contributed by atoms with Crippen LogP contribution in [-0.2, 0) is 28.1 Å². The van der Waals surface area contributed by atoms with Crippen molar-refractivity contribution >= 4 is 11.0 Å². The Hall–Kier alpha value is -4.01. The van der Waals surface area contributed by atoms with E-state index < -0.39 is 0 Å². The molecule has 0 radical (unpaired) electrons. The fourth-order valence-corrected chi connectivity index (χ4v) is 4.87. The Morgan fingerprint density at radius 3 is 2.21 bits per heavy atom. The minimum Gasteiger partial charge on any atom is -0.507 e. The first-order chi connectivity index (χ1) is 18.1. The summed E-state index contributed by atoms with van der Waals surface area (Å²) < 4.78 is 2.02. The minimum absolute atomic E-state index is 0. The largest absolute Gasteiger partial charge is 0.507 e. The molecule has 4 aromatic carbocycles.